The van der Waals surface area contributed by atoms with Gasteiger partial charge in [-0.3, -0.25) is 15.6 Å². The van der Waals surface area contributed by atoms with Crippen molar-refractivity contribution < 1.29 is 9.21 Å². The summed E-state index contributed by atoms with van der Waals surface area (Å²) >= 11 is 5.23. The van der Waals surface area contributed by atoms with Gasteiger partial charge in [-0.25, -0.2) is 4.79 Å². The first-order valence-electron chi connectivity index (χ1n) is 7.91. The average Bonchev–Trinajstić information content (AvgIpc) is 2.61. The van der Waals surface area contributed by atoms with Gasteiger partial charge in [-0.1, -0.05) is 18.2 Å². The number of anilines is 1. The zero-order chi connectivity index (χ0) is 18.7. The highest BCUT2D eigenvalue weighted by Crippen LogP contribution is 2.24. The van der Waals surface area contributed by atoms with Gasteiger partial charge in [0, 0.05) is 22.7 Å². The van der Waals surface area contributed by atoms with Crippen molar-refractivity contribution in [3.05, 3.63) is 75.6 Å². The van der Waals surface area contributed by atoms with Crippen LogP contribution in [-0.4, -0.2) is 11.0 Å². The fourth-order valence-corrected chi connectivity index (χ4v) is 2.69. The topological polar surface area (TPSA) is 83.4 Å². The van der Waals surface area contributed by atoms with Gasteiger partial charge < -0.3 is 9.73 Å². The molecule has 1 aromatic heterocycles. The summed E-state index contributed by atoms with van der Waals surface area (Å²) in [5.41, 5.74) is 8.30. The lowest BCUT2D eigenvalue weighted by Crippen LogP contribution is -2.43. The summed E-state index contributed by atoms with van der Waals surface area (Å²) in [6.45, 7) is 3.71. The Morgan fingerprint density at radius 3 is 2.46 bits per heavy atom. The fourth-order valence-electron chi connectivity index (χ4n) is 2.53. The molecule has 2 aromatic carbocycles. The minimum absolute atomic E-state index is 0.242. The van der Waals surface area contributed by atoms with Crippen molar-refractivity contribution in [2.24, 2.45) is 0 Å². The Kier molecular flexibility index (Phi) is 4.99. The lowest BCUT2D eigenvalue weighted by molar-refractivity contribution is 0.0944. The molecule has 6 nitrogen and oxygen atoms in total. The Bertz CT molecular complexity index is 1050. The first-order chi connectivity index (χ1) is 12.4. The fraction of sp³-hybridized carbons (Fsp3) is 0.105. The summed E-state index contributed by atoms with van der Waals surface area (Å²) in [5.74, 6) is -0.289. The molecule has 3 rings (SSSR count). The largest absolute Gasteiger partial charge is 0.423 e. The zero-order valence-electron chi connectivity index (χ0n) is 14.3. The molecule has 1 heterocycles. The number of carbonyl (C=O) groups is 1. The molecular formula is C19H17N3O3S. The molecule has 0 bridgehead atoms. The van der Waals surface area contributed by atoms with Crippen molar-refractivity contribution in [3.8, 4) is 0 Å². The monoisotopic (exact) mass is 367 g/mol. The molecule has 0 spiro atoms. The quantitative estimate of drug-likeness (QED) is 0.367. The van der Waals surface area contributed by atoms with Gasteiger partial charge in [-0.15, -0.1) is 0 Å². The lowest BCUT2D eigenvalue weighted by Gasteiger charge is -2.14. The van der Waals surface area contributed by atoms with Crippen molar-refractivity contribution in [2.75, 3.05) is 5.32 Å². The molecule has 0 aliphatic rings. The second kappa shape index (κ2) is 7.37. The molecule has 3 N–H and O–H groups in total. The maximum atomic E-state index is 12.0. The van der Waals surface area contributed by atoms with E-state index in [0.29, 0.717) is 11.1 Å². The van der Waals surface area contributed by atoms with E-state index in [4.69, 9.17) is 16.6 Å². The summed E-state index contributed by atoms with van der Waals surface area (Å²) in [5, 5.41) is 4.09. The van der Waals surface area contributed by atoms with Crippen LogP contribution < -0.4 is 21.8 Å². The Morgan fingerprint density at radius 1 is 1.00 bits per heavy atom. The predicted molar refractivity (Wildman–Crippen MR) is 105 cm³/mol. The normalized spacial score (nSPS) is 10.4. The maximum Gasteiger partial charge on any atom is 0.336 e. The molecular weight excluding hydrogens is 350 g/mol. The Hall–Kier alpha value is -3.19. The summed E-state index contributed by atoms with van der Waals surface area (Å²) < 4.78 is 5.22. The summed E-state index contributed by atoms with van der Waals surface area (Å²) in [6.07, 6.45) is 0. The summed E-state index contributed by atoms with van der Waals surface area (Å²) in [7, 11) is 0. The number of aryl methyl sites for hydroxylation is 2. The third-order valence-electron chi connectivity index (χ3n) is 3.87. The van der Waals surface area contributed by atoms with Gasteiger partial charge in [0.25, 0.3) is 5.91 Å². The number of amides is 1. The second-order valence-electron chi connectivity index (χ2n) is 5.81. The van der Waals surface area contributed by atoms with E-state index in [1.807, 2.05) is 26.0 Å². The van der Waals surface area contributed by atoms with E-state index < -0.39 is 0 Å². The summed E-state index contributed by atoms with van der Waals surface area (Å²) in [4.78, 5) is 23.5. The molecule has 7 heteroatoms. The van der Waals surface area contributed by atoms with Crippen molar-refractivity contribution in [1.82, 2.24) is 10.9 Å². The van der Waals surface area contributed by atoms with E-state index in [2.05, 4.69) is 16.2 Å². The molecule has 0 fully saturated rings. The van der Waals surface area contributed by atoms with Crippen LogP contribution in [0, 0.1) is 13.8 Å². The Morgan fingerprint density at radius 2 is 1.73 bits per heavy atom. The molecule has 0 saturated heterocycles. The van der Waals surface area contributed by atoms with Crippen LogP contribution in [-0.2, 0) is 0 Å². The minimum Gasteiger partial charge on any atom is -0.423 e. The number of hydrazine groups is 1. The number of hydrogen-bond donors (Lipinski definition) is 3. The Labute approximate surface area is 155 Å². The van der Waals surface area contributed by atoms with Crippen LogP contribution in [0.1, 0.15) is 21.5 Å². The molecule has 0 atom stereocenters. The van der Waals surface area contributed by atoms with E-state index in [-0.39, 0.29) is 16.6 Å². The van der Waals surface area contributed by atoms with Gasteiger partial charge in [0.05, 0.1) is 0 Å². The van der Waals surface area contributed by atoms with Gasteiger partial charge >= 0.3 is 5.63 Å². The van der Waals surface area contributed by atoms with Crippen LogP contribution in [0.5, 0.6) is 0 Å². The van der Waals surface area contributed by atoms with E-state index in [0.717, 1.165) is 22.2 Å². The molecule has 132 valence electrons. The molecule has 26 heavy (non-hydrogen) atoms. The Balaban J connectivity index is 1.72. The number of fused-ring (bicyclic) bond motifs is 1. The highest BCUT2D eigenvalue weighted by Gasteiger charge is 2.09. The van der Waals surface area contributed by atoms with Crippen molar-refractivity contribution in [1.29, 1.82) is 0 Å². The van der Waals surface area contributed by atoms with Crippen LogP contribution in [0.4, 0.5) is 5.69 Å². The summed E-state index contributed by atoms with van der Waals surface area (Å²) in [6, 6.07) is 13.9. The van der Waals surface area contributed by atoms with E-state index in [1.165, 1.54) is 6.07 Å². The first kappa shape index (κ1) is 17.6. The van der Waals surface area contributed by atoms with E-state index >= 15 is 0 Å². The predicted octanol–water partition coefficient (Wildman–Crippen LogP) is 3.04. The second-order valence-corrected chi connectivity index (χ2v) is 6.22. The molecule has 3 aromatic rings. The molecule has 0 saturated carbocycles. The number of nitrogens with one attached hydrogen (secondary N) is 3. The van der Waals surface area contributed by atoms with Gasteiger partial charge in [0.1, 0.15) is 5.58 Å². The third-order valence-corrected chi connectivity index (χ3v) is 4.07. The van der Waals surface area contributed by atoms with Crippen molar-refractivity contribution >= 4 is 39.9 Å². The first-order valence-corrected chi connectivity index (χ1v) is 8.32. The van der Waals surface area contributed by atoms with Crippen LogP contribution in [0.25, 0.3) is 11.0 Å². The third kappa shape index (κ3) is 3.89. The van der Waals surface area contributed by atoms with E-state index in [9.17, 15) is 9.59 Å². The van der Waals surface area contributed by atoms with Crippen LogP contribution >= 0.6 is 12.2 Å². The molecule has 0 aliphatic carbocycles. The van der Waals surface area contributed by atoms with Gasteiger partial charge in [-0.05, 0) is 61.5 Å². The maximum absolute atomic E-state index is 12.0. The smallest absolute Gasteiger partial charge is 0.336 e. The lowest BCUT2D eigenvalue weighted by atomic mass is 10.1. The number of rotatable bonds is 2. The number of hydrogen-bond acceptors (Lipinski definition) is 4. The number of thiocarbonyl (C=S) groups is 1. The SMILES string of the molecule is Cc1cc2oc(=O)cc(C)c2cc1NC(=S)NNC(=O)c1ccccc1. The highest BCUT2D eigenvalue weighted by molar-refractivity contribution is 7.80. The zero-order valence-corrected chi connectivity index (χ0v) is 15.1. The molecule has 1 amide bonds. The highest BCUT2D eigenvalue weighted by atomic mass is 32.1. The standard InChI is InChI=1S/C19H17N3O3S/c1-11-9-17(23)25-16-8-12(2)15(10-14(11)16)20-19(26)22-21-18(24)13-6-4-3-5-7-13/h3-10H,1-2H3,(H,21,24)(H2,20,22,26). The van der Waals surface area contributed by atoms with Gasteiger partial charge in [-0.2, -0.15) is 0 Å². The van der Waals surface area contributed by atoms with Crippen molar-refractivity contribution in [3.63, 3.8) is 0 Å². The van der Waals surface area contributed by atoms with Crippen LogP contribution in [0.3, 0.4) is 0 Å². The molecule has 0 radical (unpaired) electrons. The number of carbonyl (C=O) groups excluding carboxylic acids is 1. The minimum atomic E-state index is -0.379. The van der Waals surface area contributed by atoms with Gasteiger partial charge in [0.2, 0.25) is 0 Å². The average molecular weight is 367 g/mol. The van der Waals surface area contributed by atoms with Crippen LogP contribution in [0.2, 0.25) is 0 Å². The van der Waals surface area contributed by atoms with Crippen LogP contribution in [0.15, 0.2) is 57.7 Å². The van der Waals surface area contributed by atoms with Gasteiger partial charge in [0.15, 0.2) is 5.11 Å². The number of benzene rings is 2. The van der Waals surface area contributed by atoms with Crippen molar-refractivity contribution in [2.45, 2.75) is 13.8 Å². The molecule has 0 unspecified atom stereocenters. The molecule has 0 aliphatic heterocycles. The van der Waals surface area contributed by atoms with E-state index in [1.54, 1.807) is 30.3 Å².